The van der Waals surface area contributed by atoms with Crippen molar-refractivity contribution in [3.63, 3.8) is 0 Å². The highest BCUT2D eigenvalue weighted by atomic mass is 16.6. The van der Waals surface area contributed by atoms with Crippen LogP contribution in [-0.4, -0.2) is 49.6 Å². The highest BCUT2D eigenvalue weighted by Gasteiger charge is 2.07. The van der Waals surface area contributed by atoms with Crippen molar-refractivity contribution in [2.24, 2.45) is 0 Å². The second-order valence-electron chi connectivity index (χ2n) is 3.52. The van der Waals surface area contributed by atoms with Crippen LogP contribution in [0.5, 0.6) is 0 Å². The number of carbonyl (C=O) groups excluding carboxylic acids is 2. The molecule has 0 heterocycles. The van der Waals surface area contributed by atoms with Crippen molar-refractivity contribution in [2.75, 3.05) is 20.3 Å². The van der Waals surface area contributed by atoms with Gasteiger partial charge >= 0.3 is 11.9 Å². The van der Waals surface area contributed by atoms with E-state index in [1.165, 1.54) is 14.0 Å². The monoisotopic (exact) mass is 246 g/mol. The SMILES string of the molecule is COCC(C)OC(=O)C=CC(=O)OCC(C)O. The molecule has 0 radical (unpaired) electrons. The van der Waals surface area contributed by atoms with E-state index >= 15 is 0 Å². The Kier molecular flexibility index (Phi) is 8.00. The minimum absolute atomic E-state index is 0.113. The highest BCUT2D eigenvalue weighted by Crippen LogP contribution is 1.94. The number of esters is 2. The van der Waals surface area contributed by atoms with Gasteiger partial charge in [0.05, 0.1) is 12.7 Å². The summed E-state index contributed by atoms with van der Waals surface area (Å²) in [6, 6.07) is 0. The van der Waals surface area contributed by atoms with Crippen molar-refractivity contribution in [3.8, 4) is 0 Å². The Morgan fingerprint density at radius 3 is 2.29 bits per heavy atom. The molecule has 0 bridgehead atoms. The van der Waals surface area contributed by atoms with Crippen molar-refractivity contribution in [1.82, 2.24) is 0 Å². The summed E-state index contributed by atoms with van der Waals surface area (Å²) in [4.78, 5) is 22.2. The number of rotatable bonds is 7. The Hall–Kier alpha value is -1.40. The Labute approximate surface area is 100 Å². The van der Waals surface area contributed by atoms with Gasteiger partial charge in [0.25, 0.3) is 0 Å². The van der Waals surface area contributed by atoms with Crippen LogP contribution in [0.1, 0.15) is 13.8 Å². The van der Waals surface area contributed by atoms with Gasteiger partial charge in [-0.2, -0.15) is 0 Å². The molecule has 98 valence electrons. The summed E-state index contributed by atoms with van der Waals surface area (Å²) in [5, 5.41) is 8.85. The Morgan fingerprint density at radius 2 is 1.76 bits per heavy atom. The molecule has 0 aromatic heterocycles. The topological polar surface area (TPSA) is 82.1 Å². The van der Waals surface area contributed by atoms with E-state index in [0.717, 1.165) is 12.2 Å². The van der Waals surface area contributed by atoms with E-state index < -0.39 is 18.0 Å². The molecule has 0 saturated carbocycles. The van der Waals surface area contributed by atoms with Crippen molar-refractivity contribution in [2.45, 2.75) is 26.1 Å². The van der Waals surface area contributed by atoms with Crippen LogP contribution in [0, 0.1) is 0 Å². The standard InChI is InChI=1S/C11H18O6/c1-8(12)6-16-10(13)4-5-11(14)17-9(2)7-15-3/h4-5,8-9,12H,6-7H2,1-3H3. The van der Waals surface area contributed by atoms with Gasteiger partial charge in [0.1, 0.15) is 12.7 Å². The van der Waals surface area contributed by atoms with Gasteiger partial charge in [0, 0.05) is 19.3 Å². The number of methoxy groups -OCH3 is 1. The van der Waals surface area contributed by atoms with E-state index in [-0.39, 0.29) is 19.3 Å². The summed E-state index contributed by atoms with van der Waals surface area (Å²) >= 11 is 0. The summed E-state index contributed by atoms with van der Waals surface area (Å²) in [6.45, 7) is 3.32. The number of aliphatic hydroxyl groups is 1. The average Bonchev–Trinajstić information content (AvgIpc) is 2.23. The molecule has 0 fully saturated rings. The van der Waals surface area contributed by atoms with Crippen LogP contribution in [0.4, 0.5) is 0 Å². The fourth-order valence-electron chi connectivity index (χ4n) is 0.893. The Balaban J connectivity index is 3.90. The zero-order chi connectivity index (χ0) is 13.3. The molecule has 6 heteroatoms. The molecule has 0 aliphatic rings. The molecule has 1 N–H and O–H groups in total. The Morgan fingerprint density at radius 1 is 1.18 bits per heavy atom. The molecule has 0 amide bonds. The third-order valence-electron chi connectivity index (χ3n) is 1.54. The van der Waals surface area contributed by atoms with Crippen molar-refractivity contribution >= 4 is 11.9 Å². The molecule has 0 aliphatic carbocycles. The quantitative estimate of drug-likeness (QED) is 0.504. The fourth-order valence-corrected chi connectivity index (χ4v) is 0.893. The van der Waals surface area contributed by atoms with E-state index in [2.05, 4.69) is 4.74 Å². The maximum Gasteiger partial charge on any atom is 0.331 e. The molecular weight excluding hydrogens is 228 g/mol. The molecule has 2 atom stereocenters. The third-order valence-corrected chi connectivity index (χ3v) is 1.54. The molecule has 2 unspecified atom stereocenters. The first-order valence-corrected chi connectivity index (χ1v) is 5.18. The van der Waals surface area contributed by atoms with Crippen LogP contribution in [-0.2, 0) is 23.8 Å². The molecule has 0 aliphatic heterocycles. The lowest BCUT2D eigenvalue weighted by Gasteiger charge is -2.09. The van der Waals surface area contributed by atoms with Gasteiger partial charge in [-0.3, -0.25) is 0 Å². The molecule has 0 saturated heterocycles. The lowest BCUT2D eigenvalue weighted by molar-refractivity contribution is -0.145. The summed E-state index contributed by atoms with van der Waals surface area (Å²) in [5.41, 5.74) is 0. The maximum absolute atomic E-state index is 11.1. The smallest absolute Gasteiger partial charge is 0.331 e. The van der Waals surface area contributed by atoms with Crippen LogP contribution >= 0.6 is 0 Å². The van der Waals surface area contributed by atoms with Crippen molar-refractivity contribution in [1.29, 1.82) is 0 Å². The summed E-state index contributed by atoms with van der Waals surface area (Å²) in [6.07, 6.45) is 0.799. The number of aliphatic hydroxyl groups excluding tert-OH is 1. The highest BCUT2D eigenvalue weighted by molar-refractivity contribution is 5.91. The predicted octanol–water partition coefficient (Wildman–Crippen LogP) is 0.0447. The van der Waals surface area contributed by atoms with Crippen LogP contribution in [0.25, 0.3) is 0 Å². The molecule has 17 heavy (non-hydrogen) atoms. The zero-order valence-electron chi connectivity index (χ0n) is 10.2. The second kappa shape index (κ2) is 8.72. The van der Waals surface area contributed by atoms with Gasteiger partial charge in [-0.15, -0.1) is 0 Å². The largest absolute Gasteiger partial charge is 0.460 e. The first kappa shape index (κ1) is 15.6. The molecule has 0 rings (SSSR count). The van der Waals surface area contributed by atoms with Gasteiger partial charge in [0.2, 0.25) is 0 Å². The Bertz CT molecular complexity index is 271. The van der Waals surface area contributed by atoms with Crippen molar-refractivity contribution in [3.05, 3.63) is 12.2 Å². The van der Waals surface area contributed by atoms with Crippen LogP contribution < -0.4 is 0 Å². The minimum atomic E-state index is -0.735. The normalized spacial score (nSPS) is 14.4. The van der Waals surface area contributed by atoms with E-state index in [0.29, 0.717) is 0 Å². The molecule has 0 spiro atoms. The maximum atomic E-state index is 11.1. The molecule has 0 aromatic rings. The first-order chi connectivity index (χ1) is 7.95. The summed E-state index contributed by atoms with van der Waals surface area (Å²) < 4.78 is 14.2. The number of carbonyl (C=O) groups is 2. The number of ether oxygens (including phenoxy) is 3. The average molecular weight is 246 g/mol. The third kappa shape index (κ3) is 9.52. The molecule has 6 nitrogen and oxygen atoms in total. The number of hydrogen-bond donors (Lipinski definition) is 1. The molecule has 0 aromatic carbocycles. The molecular formula is C11H18O6. The van der Waals surface area contributed by atoms with Crippen molar-refractivity contribution < 1.29 is 28.9 Å². The van der Waals surface area contributed by atoms with E-state index in [9.17, 15) is 9.59 Å². The number of hydrogen-bond acceptors (Lipinski definition) is 6. The second-order valence-corrected chi connectivity index (χ2v) is 3.52. The van der Waals surface area contributed by atoms with Gasteiger partial charge in [-0.25, -0.2) is 9.59 Å². The minimum Gasteiger partial charge on any atom is -0.460 e. The van der Waals surface area contributed by atoms with Crippen LogP contribution in [0.15, 0.2) is 12.2 Å². The van der Waals surface area contributed by atoms with E-state index in [1.54, 1.807) is 6.92 Å². The lowest BCUT2D eigenvalue weighted by Crippen LogP contribution is -2.18. The van der Waals surface area contributed by atoms with Crippen LogP contribution in [0.3, 0.4) is 0 Å². The van der Waals surface area contributed by atoms with Gasteiger partial charge in [-0.1, -0.05) is 0 Å². The zero-order valence-corrected chi connectivity index (χ0v) is 10.2. The first-order valence-electron chi connectivity index (χ1n) is 5.18. The van der Waals surface area contributed by atoms with E-state index in [1.807, 2.05) is 0 Å². The summed E-state index contributed by atoms with van der Waals surface area (Å²) in [7, 11) is 1.49. The van der Waals surface area contributed by atoms with Gasteiger partial charge < -0.3 is 19.3 Å². The lowest BCUT2D eigenvalue weighted by atomic mass is 10.4. The fraction of sp³-hybridized carbons (Fsp3) is 0.636. The van der Waals surface area contributed by atoms with E-state index in [4.69, 9.17) is 14.6 Å². The van der Waals surface area contributed by atoms with Gasteiger partial charge in [-0.05, 0) is 13.8 Å². The predicted molar refractivity (Wildman–Crippen MR) is 59.2 cm³/mol. The van der Waals surface area contributed by atoms with Crippen LogP contribution in [0.2, 0.25) is 0 Å². The van der Waals surface area contributed by atoms with Gasteiger partial charge in [0.15, 0.2) is 0 Å². The summed E-state index contributed by atoms with van der Waals surface area (Å²) in [5.74, 6) is -1.36.